The van der Waals surface area contributed by atoms with Gasteiger partial charge < -0.3 is 15.5 Å². The number of carboxylic acids is 1. The second-order valence-electron chi connectivity index (χ2n) is 5.73. The van der Waals surface area contributed by atoms with Crippen LogP contribution in [-0.2, 0) is 9.59 Å². The third-order valence-electron chi connectivity index (χ3n) is 3.49. The van der Waals surface area contributed by atoms with Crippen molar-refractivity contribution in [3.05, 3.63) is 33.4 Å². The van der Waals surface area contributed by atoms with E-state index in [1.54, 1.807) is 6.07 Å². The molecule has 1 amide bonds. The topological polar surface area (TPSA) is 154 Å². The summed E-state index contributed by atoms with van der Waals surface area (Å²) in [5.74, 6) is -2.12. The van der Waals surface area contributed by atoms with E-state index in [-0.39, 0.29) is 23.1 Å². The fourth-order valence-corrected chi connectivity index (χ4v) is 3.04. The van der Waals surface area contributed by atoms with Gasteiger partial charge in [0.15, 0.2) is 5.17 Å². The summed E-state index contributed by atoms with van der Waals surface area (Å²) in [5.41, 5.74) is 0.327. The van der Waals surface area contributed by atoms with E-state index in [4.69, 9.17) is 5.11 Å². The van der Waals surface area contributed by atoms with Crippen LogP contribution >= 0.6 is 11.8 Å². The Kier molecular flexibility index (Phi) is 5.93. The second kappa shape index (κ2) is 7.95. The lowest BCUT2D eigenvalue weighted by atomic mass is 9.99. The maximum atomic E-state index is 11.6. The molecule has 3 N–H and O–H groups in total. The number of carboxylic acid groups (broad SMARTS) is 1. The second-order valence-corrected chi connectivity index (χ2v) is 6.92. The largest absolute Gasteiger partial charge is 0.502 e. The predicted molar refractivity (Wildman–Crippen MR) is 95.7 cm³/mol. The van der Waals surface area contributed by atoms with Crippen molar-refractivity contribution >= 4 is 40.7 Å². The van der Waals surface area contributed by atoms with E-state index in [9.17, 15) is 24.8 Å². The molecule has 1 aromatic carbocycles. The summed E-state index contributed by atoms with van der Waals surface area (Å²) in [7, 11) is 0. The molecule has 0 aromatic heterocycles. The number of phenols is 1. The maximum absolute atomic E-state index is 11.6. The van der Waals surface area contributed by atoms with Crippen LogP contribution in [-0.4, -0.2) is 43.6 Å². The number of carbonyl (C=O) groups excluding carboxylic acids is 1. The van der Waals surface area contributed by atoms with Crippen LogP contribution in [0.25, 0.3) is 0 Å². The average molecular weight is 380 g/mol. The number of rotatable bonds is 6. The molecule has 1 heterocycles. The van der Waals surface area contributed by atoms with Gasteiger partial charge in [-0.1, -0.05) is 25.6 Å². The Labute approximate surface area is 152 Å². The van der Waals surface area contributed by atoms with E-state index in [0.717, 1.165) is 18.0 Å². The number of amides is 1. The summed E-state index contributed by atoms with van der Waals surface area (Å²) in [6, 6.07) is 2.86. The summed E-state index contributed by atoms with van der Waals surface area (Å²) in [5, 5.41) is 39.0. The van der Waals surface area contributed by atoms with E-state index in [1.165, 1.54) is 6.07 Å². The Balaban J connectivity index is 2.24. The number of aromatic hydroxyl groups is 1. The van der Waals surface area contributed by atoms with Crippen LogP contribution in [0.1, 0.15) is 37.3 Å². The van der Waals surface area contributed by atoms with Crippen LogP contribution in [0.4, 0.5) is 5.69 Å². The van der Waals surface area contributed by atoms with Crippen molar-refractivity contribution < 1.29 is 24.7 Å². The number of nitro groups is 1. The highest BCUT2D eigenvalue weighted by atomic mass is 32.2. The minimum atomic E-state index is -1.11. The first-order chi connectivity index (χ1) is 12.2. The van der Waals surface area contributed by atoms with Gasteiger partial charge in [0.25, 0.3) is 0 Å². The van der Waals surface area contributed by atoms with E-state index < -0.39 is 33.5 Å². The molecule has 1 aromatic rings. The van der Waals surface area contributed by atoms with Crippen molar-refractivity contribution in [3.8, 4) is 5.75 Å². The average Bonchev–Trinajstić information content (AvgIpc) is 2.87. The minimum Gasteiger partial charge on any atom is -0.502 e. The number of carbonyl (C=O) groups is 2. The van der Waals surface area contributed by atoms with Crippen LogP contribution in [0.2, 0.25) is 0 Å². The monoisotopic (exact) mass is 380 g/mol. The van der Waals surface area contributed by atoms with Crippen molar-refractivity contribution in [1.29, 1.82) is 0 Å². The van der Waals surface area contributed by atoms with Crippen molar-refractivity contribution in [3.63, 3.8) is 0 Å². The van der Waals surface area contributed by atoms with Gasteiger partial charge in [-0.2, -0.15) is 5.10 Å². The zero-order chi connectivity index (χ0) is 19.4. The summed E-state index contributed by atoms with van der Waals surface area (Å²) in [6.07, 6.45) is 0.793. The quantitative estimate of drug-likeness (QED) is 0.386. The predicted octanol–water partition coefficient (Wildman–Crippen LogP) is 1.82. The van der Waals surface area contributed by atoms with Gasteiger partial charge in [0, 0.05) is 11.6 Å². The van der Waals surface area contributed by atoms with Crippen LogP contribution in [0, 0.1) is 10.1 Å². The molecule has 1 saturated heterocycles. The Bertz CT molecular complexity index is 821. The van der Waals surface area contributed by atoms with Crippen LogP contribution in [0.3, 0.4) is 0 Å². The first kappa shape index (κ1) is 19.4. The summed E-state index contributed by atoms with van der Waals surface area (Å²) in [4.78, 5) is 32.7. The number of nitrogens with one attached hydrogen (secondary N) is 1. The molecule has 1 fully saturated rings. The smallest absolute Gasteiger partial charge is 0.311 e. The van der Waals surface area contributed by atoms with Gasteiger partial charge in [0.2, 0.25) is 11.7 Å². The Hall–Kier alpha value is -2.95. The van der Waals surface area contributed by atoms with E-state index in [1.807, 2.05) is 13.8 Å². The van der Waals surface area contributed by atoms with Gasteiger partial charge in [0.1, 0.15) is 5.25 Å². The molecule has 138 valence electrons. The highest BCUT2D eigenvalue weighted by molar-refractivity contribution is 8.15. The number of nitrogens with zero attached hydrogens (tertiary/aromatic N) is 3. The van der Waals surface area contributed by atoms with Gasteiger partial charge in [-0.05, 0) is 17.5 Å². The van der Waals surface area contributed by atoms with Gasteiger partial charge in [-0.15, -0.1) is 5.10 Å². The summed E-state index contributed by atoms with van der Waals surface area (Å²) >= 11 is 0.927. The van der Waals surface area contributed by atoms with Crippen molar-refractivity contribution in [2.24, 2.45) is 10.2 Å². The zero-order valence-corrected chi connectivity index (χ0v) is 14.7. The summed E-state index contributed by atoms with van der Waals surface area (Å²) in [6.45, 7) is 3.70. The fourth-order valence-electron chi connectivity index (χ4n) is 2.12. The molecule has 11 heteroatoms. The lowest BCUT2D eigenvalue weighted by Crippen LogP contribution is -2.26. The van der Waals surface area contributed by atoms with Gasteiger partial charge >= 0.3 is 11.7 Å². The molecule has 0 saturated carbocycles. The minimum absolute atomic E-state index is 0.00536. The first-order valence-electron chi connectivity index (χ1n) is 7.50. The highest BCUT2D eigenvalue weighted by Gasteiger charge is 2.32. The van der Waals surface area contributed by atoms with Crippen molar-refractivity contribution in [2.45, 2.75) is 31.4 Å². The number of hydrogen-bond acceptors (Lipinski definition) is 8. The molecule has 1 atom stereocenters. The lowest BCUT2D eigenvalue weighted by Gasteiger charge is -2.08. The normalized spacial score (nSPS) is 18.7. The highest BCUT2D eigenvalue weighted by Crippen LogP contribution is 2.33. The van der Waals surface area contributed by atoms with Crippen LogP contribution in [0.5, 0.6) is 5.75 Å². The van der Waals surface area contributed by atoms with Gasteiger partial charge in [-0.3, -0.25) is 19.7 Å². The number of aliphatic carboxylic acids is 1. The molecule has 26 heavy (non-hydrogen) atoms. The van der Waals surface area contributed by atoms with Gasteiger partial charge in [0.05, 0.1) is 17.6 Å². The molecule has 1 aliphatic heterocycles. The van der Waals surface area contributed by atoms with Crippen LogP contribution in [0.15, 0.2) is 22.3 Å². The number of amidine groups is 1. The number of phenolic OH excluding ortho intramolecular Hbond substituents is 1. The molecule has 0 spiro atoms. The molecular formula is C15H16N4O6S. The lowest BCUT2D eigenvalue weighted by molar-refractivity contribution is -0.385. The Morgan fingerprint density at radius 1 is 1.50 bits per heavy atom. The molecule has 10 nitrogen and oxygen atoms in total. The summed E-state index contributed by atoms with van der Waals surface area (Å²) < 4.78 is 0. The maximum Gasteiger partial charge on any atom is 0.311 e. The zero-order valence-electron chi connectivity index (χ0n) is 13.9. The molecule has 1 unspecified atom stereocenters. The van der Waals surface area contributed by atoms with Crippen LogP contribution < -0.4 is 5.32 Å². The first-order valence-corrected chi connectivity index (χ1v) is 8.38. The fraction of sp³-hybridized carbons (Fsp3) is 0.333. The third-order valence-corrected chi connectivity index (χ3v) is 4.56. The van der Waals surface area contributed by atoms with E-state index in [2.05, 4.69) is 15.5 Å². The SMILES string of the molecule is CC(C)c1cc(C=NN=C2NC(=O)C(CC(=O)O)S2)c(O)c([N+](=O)[O-])c1. The Morgan fingerprint density at radius 3 is 2.77 bits per heavy atom. The molecule has 0 bridgehead atoms. The molecule has 1 aliphatic rings. The van der Waals surface area contributed by atoms with Crippen molar-refractivity contribution in [2.75, 3.05) is 0 Å². The number of benzene rings is 1. The standard InChI is InChI=1S/C15H16N4O6S/c1-7(2)8-3-9(13(22)10(4-8)19(24)25)6-16-18-15-17-14(23)11(26-15)5-12(20)21/h3-4,6-7,11,22H,5H2,1-2H3,(H,20,21)(H,17,18,23). The molecule has 2 rings (SSSR count). The third kappa shape index (κ3) is 4.57. The molecule has 0 aliphatic carbocycles. The number of hydrogen-bond donors (Lipinski definition) is 3. The van der Waals surface area contributed by atoms with Crippen molar-refractivity contribution in [1.82, 2.24) is 5.32 Å². The van der Waals surface area contributed by atoms with E-state index in [0.29, 0.717) is 5.56 Å². The number of nitro benzene ring substituents is 1. The molecular weight excluding hydrogens is 364 g/mol. The number of thioether (sulfide) groups is 1. The molecule has 0 radical (unpaired) electrons. The Morgan fingerprint density at radius 2 is 2.19 bits per heavy atom. The van der Waals surface area contributed by atoms with E-state index >= 15 is 0 Å². The van der Waals surface area contributed by atoms with Gasteiger partial charge in [-0.25, -0.2) is 0 Å².